The Morgan fingerprint density at radius 3 is 0.462 bits per heavy atom. The van der Waals surface area contributed by atoms with Crippen molar-refractivity contribution < 1.29 is 38.4 Å². The summed E-state index contributed by atoms with van der Waals surface area (Å²) in [6, 6.07) is 0. The molecule has 464 valence electrons. The predicted octanol–water partition coefficient (Wildman–Crippen LogP) is 8.75. The molecule has 0 unspecified atom stereocenters. The van der Waals surface area contributed by atoms with Gasteiger partial charge in [-0.3, -0.25) is 38.4 Å². The molecule has 0 spiro atoms. The minimum absolute atomic E-state index is 0.00165. The van der Waals surface area contributed by atoms with Gasteiger partial charge in [0.2, 0.25) is 0 Å². The summed E-state index contributed by atoms with van der Waals surface area (Å²) in [6.45, 7) is 37.5. The van der Waals surface area contributed by atoms with E-state index in [0.717, 1.165) is 230 Å². The Hall–Kier alpha value is -8.88. The summed E-state index contributed by atoms with van der Waals surface area (Å²) in [7, 11) is 0. The molecule has 0 heterocycles. The lowest BCUT2D eigenvalue weighted by atomic mass is 9.84. The van der Waals surface area contributed by atoms with Gasteiger partial charge in [0.05, 0.1) is 0 Å². The van der Waals surface area contributed by atoms with E-state index in [2.05, 4.69) is 111 Å². The first-order valence-corrected chi connectivity index (χ1v) is 33.4. The predicted molar refractivity (Wildman–Crippen MR) is 371 cm³/mol. The van der Waals surface area contributed by atoms with Gasteiger partial charge in [0.25, 0.3) is 0 Å². The molecular weight excluding hydrogens is 1150 g/mol. The van der Waals surface area contributed by atoms with Crippen molar-refractivity contribution in [1.29, 1.82) is 0 Å². The number of aryl methyl sites for hydroxylation is 8. The maximum absolute atomic E-state index is 15.0. The van der Waals surface area contributed by atoms with Crippen molar-refractivity contribution in [3.8, 4) is 0 Å². The molecule has 16 rings (SSSR count). The Labute approximate surface area is 539 Å². The monoisotopic (exact) mass is 1220 g/mol. The minimum Gasteiger partial charge on any atom is -0.294 e. The number of carbonyl (C=O) groups excluding carboxylic acids is 8. The molecule has 8 aliphatic rings. The van der Waals surface area contributed by atoms with Crippen LogP contribution in [0.3, 0.4) is 0 Å². The SMILES string of the molecule is CC1=c2c(C)c(C)c3c4c(c(C)c(C)c3c2CC1=O)=C(CC1=c2c(C)c(C)c3c5c(c(C)c(C)c3c2CC1=O)=C(CC1=c2c(C)c(C)c3c6c(c(C)c(C)c3c2CC1=O)=C(CC1=c2c(C)c(C)c3c7c(c(C)c(C)c3c2CC1=O)=C(C)C(=O)C7)C(=O)C6)C(=O)C5)C(=O)C4. The minimum atomic E-state index is -0.00165. The van der Waals surface area contributed by atoms with Gasteiger partial charge in [0.15, 0.2) is 46.3 Å². The van der Waals surface area contributed by atoms with Gasteiger partial charge in [-0.1, -0.05) is 0 Å². The maximum Gasteiger partial charge on any atom is 0.164 e. The number of hydrogen-bond donors (Lipinski definition) is 0. The van der Waals surface area contributed by atoms with E-state index in [4.69, 9.17) is 0 Å². The van der Waals surface area contributed by atoms with E-state index in [1.165, 1.54) is 0 Å². The van der Waals surface area contributed by atoms with E-state index < -0.39 is 0 Å². The van der Waals surface area contributed by atoms with Crippen molar-refractivity contribution in [2.45, 2.75) is 195 Å². The molecule has 0 bridgehead atoms. The molecule has 0 radical (unpaired) electrons. The highest BCUT2D eigenvalue weighted by Gasteiger charge is 2.40. The normalized spacial score (nSPS) is 17.1. The number of ketones is 8. The van der Waals surface area contributed by atoms with Crippen molar-refractivity contribution in [2.75, 3.05) is 0 Å². The first-order valence-electron chi connectivity index (χ1n) is 33.4. The summed E-state index contributed by atoms with van der Waals surface area (Å²) in [5.41, 5.74) is 30.1. The van der Waals surface area contributed by atoms with E-state index in [0.29, 0.717) is 46.3 Å². The van der Waals surface area contributed by atoms with Crippen molar-refractivity contribution in [1.82, 2.24) is 0 Å². The van der Waals surface area contributed by atoms with Crippen LogP contribution < -0.4 is 41.7 Å². The zero-order valence-corrected chi connectivity index (χ0v) is 57.0. The first kappa shape index (κ1) is 59.2. The fraction of sp³-hybridized carbons (Fsp3) is 0.341. The number of hydrogen-bond acceptors (Lipinski definition) is 8. The molecule has 0 saturated heterocycles. The number of benzene rings is 8. The van der Waals surface area contributed by atoms with Gasteiger partial charge >= 0.3 is 0 Å². The van der Waals surface area contributed by atoms with E-state index in [-0.39, 0.29) is 104 Å². The van der Waals surface area contributed by atoms with Crippen LogP contribution in [0.5, 0.6) is 0 Å². The Kier molecular flexibility index (Phi) is 12.3. The molecule has 0 aromatic heterocycles. The van der Waals surface area contributed by atoms with E-state index in [1.807, 2.05) is 13.8 Å². The van der Waals surface area contributed by atoms with Crippen molar-refractivity contribution in [3.05, 3.63) is 175 Å². The molecule has 0 amide bonds. The summed E-state index contributed by atoms with van der Waals surface area (Å²) in [5, 5.41) is 16.0. The van der Waals surface area contributed by atoms with Crippen molar-refractivity contribution in [3.63, 3.8) is 0 Å². The Bertz CT molecular complexity index is 5670. The van der Waals surface area contributed by atoms with Crippen LogP contribution in [0.1, 0.15) is 167 Å². The molecule has 0 fully saturated rings. The highest BCUT2D eigenvalue weighted by atomic mass is 16.2. The molecule has 0 atom stereocenters. The largest absolute Gasteiger partial charge is 0.294 e. The fourth-order valence-corrected chi connectivity index (χ4v) is 20.2. The van der Waals surface area contributed by atoms with Gasteiger partial charge in [-0.2, -0.15) is 0 Å². The lowest BCUT2D eigenvalue weighted by molar-refractivity contribution is -0.114. The fourth-order valence-electron chi connectivity index (χ4n) is 20.2. The molecule has 8 heteroatoms. The first-order chi connectivity index (χ1) is 44.0. The highest BCUT2D eigenvalue weighted by molar-refractivity contribution is 6.32. The van der Waals surface area contributed by atoms with Crippen molar-refractivity contribution >= 4 is 134 Å². The maximum atomic E-state index is 15.0. The van der Waals surface area contributed by atoms with E-state index in [9.17, 15) is 38.4 Å². The summed E-state index contributed by atoms with van der Waals surface area (Å²) < 4.78 is 0. The molecule has 0 saturated carbocycles. The lowest BCUT2D eigenvalue weighted by Gasteiger charge is -2.19. The zero-order chi connectivity index (χ0) is 66.1. The van der Waals surface area contributed by atoms with Crippen LogP contribution in [-0.2, 0) is 89.7 Å². The average molecular weight is 1230 g/mol. The van der Waals surface area contributed by atoms with E-state index in [1.54, 1.807) is 0 Å². The smallest absolute Gasteiger partial charge is 0.164 e. The molecule has 8 aliphatic carbocycles. The third-order valence-corrected chi connectivity index (χ3v) is 25.5. The van der Waals surface area contributed by atoms with Crippen molar-refractivity contribution in [2.24, 2.45) is 0 Å². The Morgan fingerprint density at radius 1 is 0.172 bits per heavy atom. The van der Waals surface area contributed by atoms with Gasteiger partial charge in [-0.25, -0.2) is 0 Å². The van der Waals surface area contributed by atoms with Crippen LogP contribution in [0, 0.1) is 111 Å². The quantitative estimate of drug-likeness (QED) is 0.161. The second-order valence-corrected chi connectivity index (χ2v) is 29.3. The lowest BCUT2D eigenvalue weighted by Crippen LogP contribution is -2.22. The molecule has 8 aromatic rings. The van der Waals surface area contributed by atoms with E-state index >= 15 is 0 Å². The molecular formula is C85H76O8. The molecule has 0 N–H and O–H groups in total. The Balaban J connectivity index is 0.835. The van der Waals surface area contributed by atoms with Gasteiger partial charge in [-0.15, -0.1) is 0 Å². The standard InChI is InChI=1S/C85H76O8/c1-30-38(9)80-56-24-64(88)48(72(56)32(3)40(11)78(80)54-22-62(86)46(17)70(30)54)19-50-66(90)26-58-74(50)34(5)42(13)84-60-28-68(92)52(76(60)36(7)44(15)82(58)84)21-53-69(93)29-61-77(53)37(8)45(16)83-59-27-67(91)51(75(59)35(6)43(14)85(61)83)20-49-65(89)25-57-73(49)33(4)41(12)79-55-23-63(87)47(18)71(55)31(2)39(10)81(57)79/h19-29H2,1-18H3. The topological polar surface area (TPSA) is 137 Å². The third-order valence-electron chi connectivity index (χ3n) is 25.5. The number of carbonyl (C=O) groups is 8. The Morgan fingerprint density at radius 2 is 0.301 bits per heavy atom. The summed E-state index contributed by atoms with van der Waals surface area (Å²) in [4.78, 5) is 115. The molecule has 93 heavy (non-hydrogen) atoms. The zero-order valence-electron chi connectivity index (χ0n) is 57.0. The third kappa shape index (κ3) is 7.23. The van der Waals surface area contributed by atoms with Crippen LogP contribution in [0.15, 0.2) is 0 Å². The van der Waals surface area contributed by atoms with Crippen LogP contribution in [0.2, 0.25) is 0 Å². The van der Waals surface area contributed by atoms with Crippen LogP contribution in [0.25, 0.3) is 87.7 Å². The van der Waals surface area contributed by atoms with Crippen LogP contribution in [-0.4, -0.2) is 46.3 Å². The molecule has 8 nitrogen and oxygen atoms in total. The number of fused-ring (bicyclic) bond motifs is 20. The average Bonchev–Trinajstić information content (AvgIpc) is 1.62. The molecule has 0 aliphatic heterocycles. The van der Waals surface area contributed by atoms with Crippen LogP contribution in [0.4, 0.5) is 0 Å². The highest BCUT2D eigenvalue weighted by Crippen LogP contribution is 2.43. The van der Waals surface area contributed by atoms with Gasteiger partial charge < -0.3 is 0 Å². The van der Waals surface area contributed by atoms with Gasteiger partial charge in [0.1, 0.15) is 0 Å². The second kappa shape index (κ2) is 19.4. The number of Topliss-reactive ketones (excluding diaryl/α,β-unsaturated/α-hetero) is 8. The number of rotatable bonds is 6. The summed E-state index contributed by atoms with van der Waals surface area (Å²) in [5.74, 6) is 0.395. The summed E-state index contributed by atoms with van der Waals surface area (Å²) in [6.07, 6.45) is 2.64. The summed E-state index contributed by atoms with van der Waals surface area (Å²) >= 11 is 0. The molecule has 8 aromatic carbocycles. The van der Waals surface area contributed by atoms with Crippen LogP contribution >= 0.6 is 0 Å². The van der Waals surface area contributed by atoms with Gasteiger partial charge in [-0.05, 0) is 343 Å². The second-order valence-electron chi connectivity index (χ2n) is 29.3. The van der Waals surface area contributed by atoms with Gasteiger partial charge in [0, 0.05) is 115 Å².